The highest BCUT2D eigenvalue weighted by Crippen LogP contribution is 2.18. The Bertz CT molecular complexity index is 290. The highest BCUT2D eigenvalue weighted by atomic mass is 35.5. The van der Waals surface area contributed by atoms with Crippen LogP contribution in [0.1, 0.15) is 46.0 Å². The summed E-state index contributed by atoms with van der Waals surface area (Å²) in [4.78, 5) is 23.2. The molecule has 0 aliphatic heterocycles. The van der Waals surface area contributed by atoms with Gasteiger partial charge in [0.25, 0.3) is 0 Å². The Morgan fingerprint density at radius 1 is 1.29 bits per heavy atom. The molecule has 0 aromatic rings. The third-order valence-electron chi connectivity index (χ3n) is 3.16. The predicted molar refractivity (Wildman–Crippen MR) is 68.0 cm³/mol. The first-order chi connectivity index (χ1) is 7.98. The van der Waals surface area contributed by atoms with Crippen molar-refractivity contribution in [1.29, 1.82) is 0 Å². The zero-order valence-corrected chi connectivity index (χ0v) is 11.3. The minimum absolute atomic E-state index is 0.0745. The molecule has 0 aromatic carbocycles. The lowest BCUT2D eigenvalue weighted by Gasteiger charge is -2.31. The molecule has 1 aliphatic rings. The van der Waals surface area contributed by atoms with Crippen LogP contribution in [0.2, 0.25) is 0 Å². The van der Waals surface area contributed by atoms with Gasteiger partial charge in [-0.1, -0.05) is 19.3 Å². The third-order valence-corrected chi connectivity index (χ3v) is 3.70. The minimum atomic E-state index is -1.01. The molecule has 0 spiro atoms. The van der Waals surface area contributed by atoms with Gasteiger partial charge in [-0.3, -0.25) is 9.59 Å². The minimum Gasteiger partial charge on any atom is -0.351 e. The van der Waals surface area contributed by atoms with E-state index in [-0.39, 0.29) is 23.7 Å². The van der Waals surface area contributed by atoms with Gasteiger partial charge in [-0.05, 0) is 19.8 Å². The van der Waals surface area contributed by atoms with Crippen molar-refractivity contribution in [2.75, 3.05) is 5.88 Å². The largest absolute Gasteiger partial charge is 0.351 e. The van der Waals surface area contributed by atoms with E-state index in [0.717, 1.165) is 25.7 Å². The average molecular weight is 261 g/mol. The zero-order valence-electron chi connectivity index (χ0n) is 10.5. The third kappa shape index (κ3) is 4.19. The Morgan fingerprint density at radius 2 is 1.88 bits per heavy atom. The fraction of sp³-hybridized carbons (Fsp3) is 0.833. The van der Waals surface area contributed by atoms with Gasteiger partial charge in [0.1, 0.15) is 5.54 Å². The van der Waals surface area contributed by atoms with Crippen molar-refractivity contribution in [2.45, 2.75) is 57.5 Å². The van der Waals surface area contributed by atoms with Gasteiger partial charge in [0.2, 0.25) is 11.8 Å². The van der Waals surface area contributed by atoms with Gasteiger partial charge in [0.15, 0.2) is 0 Å². The van der Waals surface area contributed by atoms with Crippen molar-refractivity contribution in [3.8, 4) is 0 Å². The van der Waals surface area contributed by atoms with Crippen molar-refractivity contribution in [3.05, 3.63) is 0 Å². The summed E-state index contributed by atoms with van der Waals surface area (Å²) in [6.07, 6.45) is 5.59. The van der Waals surface area contributed by atoms with E-state index in [9.17, 15) is 9.59 Å². The van der Waals surface area contributed by atoms with E-state index in [2.05, 4.69) is 10.6 Å². The maximum absolute atomic E-state index is 12.1. The van der Waals surface area contributed by atoms with Crippen LogP contribution in [-0.4, -0.2) is 29.3 Å². The summed E-state index contributed by atoms with van der Waals surface area (Å²) in [5.41, 5.74) is -1.01. The molecule has 0 heterocycles. The Morgan fingerprint density at radius 3 is 2.35 bits per heavy atom. The van der Waals surface area contributed by atoms with Crippen molar-refractivity contribution in [1.82, 2.24) is 10.6 Å². The fourth-order valence-corrected chi connectivity index (χ4v) is 2.32. The normalized spacial score (nSPS) is 20.4. The van der Waals surface area contributed by atoms with E-state index in [4.69, 9.17) is 11.6 Å². The van der Waals surface area contributed by atoms with Crippen LogP contribution in [0.5, 0.6) is 0 Å². The lowest BCUT2D eigenvalue weighted by molar-refractivity contribution is -0.132. The first-order valence-corrected chi connectivity index (χ1v) is 6.67. The van der Waals surface area contributed by atoms with Crippen molar-refractivity contribution >= 4 is 23.4 Å². The van der Waals surface area contributed by atoms with Gasteiger partial charge < -0.3 is 10.6 Å². The molecule has 0 saturated heterocycles. The van der Waals surface area contributed by atoms with E-state index < -0.39 is 5.54 Å². The van der Waals surface area contributed by atoms with Gasteiger partial charge in [0.05, 0.1) is 5.88 Å². The molecule has 4 nitrogen and oxygen atoms in total. The second-order valence-electron chi connectivity index (χ2n) is 4.96. The van der Waals surface area contributed by atoms with E-state index in [1.165, 1.54) is 13.3 Å². The number of carbonyl (C=O) groups is 2. The molecular formula is C12H21ClN2O2. The zero-order chi connectivity index (χ0) is 12.9. The lowest BCUT2D eigenvalue weighted by Crippen LogP contribution is -2.59. The number of hydrogen-bond acceptors (Lipinski definition) is 2. The number of halogens is 1. The Balaban J connectivity index is 2.55. The van der Waals surface area contributed by atoms with Crippen molar-refractivity contribution in [2.24, 2.45) is 0 Å². The number of hydrogen-bond donors (Lipinski definition) is 2. The summed E-state index contributed by atoms with van der Waals surface area (Å²) in [5, 5.41) is 5.59. The molecule has 98 valence electrons. The molecule has 1 fully saturated rings. The molecule has 17 heavy (non-hydrogen) atoms. The molecule has 1 atom stereocenters. The SMILES string of the molecule is CC(=O)NC(C)(CCl)C(=O)NC1CCCCC1. The monoisotopic (exact) mass is 260 g/mol. The number of alkyl halides is 1. The van der Waals surface area contributed by atoms with Crippen LogP contribution in [0, 0.1) is 0 Å². The van der Waals surface area contributed by atoms with Crippen molar-refractivity contribution < 1.29 is 9.59 Å². The van der Waals surface area contributed by atoms with Crippen LogP contribution in [0.15, 0.2) is 0 Å². The first-order valence-electron chi connectivity index (χ1n) is 6.13. The number of carbonyl (C=O) groups excluding carboxylic acids is 2. The molecule has 0 radical (unpaired) electrons. The quantitative estimate of drug-likeness (QED) is 0.754. The maximum Gasteiger partial charge on any atom is 0.246 e. The second kappa shape index (κ2) is 6.24. The van der Waals surface area contributed by atoms with Crippen LogP contribution in [0.4, 0.5) is 0 Å². The summed E-state index contributed by atoms with van der Waals surface area (Å²) in [7, 11) is 0. The van der Waals surface area contributed by atoms with E-state index >= 15 is 0 Å². The first kappa shape index (κ1) is 14.3. The van der Waals surface area contributed by atoms with Crippen LogP contribution >= 0.6 is 11.6 Å². The van der Waals surface area contributed by atoms with Crippen LogP contribution in [-0.2, 0) is 9.59 Å². The van der Waals surface area contributed by atoms with Gasteiger partial charge in [-0.15, -0.1) is 11.6 Å². The Labute approximate surface area is 107 Å². The lowest BCUT2D eigenvalue weighted by atomic mass is 9.94. The van der Waals surface area contributed by atoms with Gasteiger partial charge in [0, 0.05) is 13.0 Å². The summed E-state index contributed by atoms with van der Waals surface area (Å²) >= 11 is 5.79. The summed E-state index contributed by atoms with van der Waals surface area (Å²) < 4.78 is 0. The molecule has 1 saturated carbocycles. The molecule has 1 aliphatic carbocycles. The summed E-state index contributed by atoms with van der Waals surface area (Å²) in [6.45, 7) is 3.04. The Hall–Kier alpha value is -0.770. The molecule has 1 unspecified atom stereocenters. The summed E-state index contributed by atoms with van der Waals surface area (Å²) in [5.74, 6) is -0.355. The molecule has 2 N–H and O–H groups in total. The van der Waals surface area contributed by atoms with E-state index in [1.54, 1.807) is 6.92 Å². The highest BCUT2D eigenvalue weighted by Gasteiger charge is 2.34. The molecule has 0 aromatic heterocycles. The number of rotatable bonds is 4. The Kier molecular flexibility index (Phi) is 5.25. The van der Waals surface area contributed by atoms with Gasteiger partial charge in [-0.2, -0.15) is 0 Å². The second-order valence-corrected chi connectivity index (χ2v) is 5.22. The highest BCUT2D eigenvalue weighted by molar-refractivity contribution is 6.21. The molecule has 5 heteroatoms. The average Bonchev–Trinajstić information content (AvgIpc) is 2.29. The van der Waals surface area contributed by atoms with Crippen LogP contribution in [0.25, 0.3) is 0 Å². The maximum atomic E-state index is 12.1. The molecule has 2 amide bonds. The molecule has 1 rings (SSSR count). The van der Waals surface area contributed by atoms with Crippen LogP contribution in [0.3, 0.4) is 0 Å². The number of amides is 2. The van der Waals surface area contributed by atoms with E-state index in [0.29, 0.717) is 0 Å². The topological polar surface area (TPSA) is 58.2 Å². The predicted octanol–water partition coefficient (Wildman–Crippen LogP) is 1.57. The standard InChI is InChI=1S/C12H21ClN2O2/c1-9(16)15-12(2,8-13)11(17)14-10-6-4-3-5-7-10/h10H,3-8H2,1-2H3,(H,14,17)(H,15,16). The molecular weight excluding hydrogens is 240 g/mol. The molecule has 0 bridgehead atoms. The van der Waals surface area contributed by atoms with Crippen LogP contribution < -0.4 is 10.6 Å². The van der Waals surface area contributed by atoms with E-state index in [1.807, 2.05) is 0 Å². The summed E-state index contributed by atoms with van der Waals surface area (Å²) in [6, 6.07) is 0.229. The fourth-order valence-electron chi connectivity index (χ4n) is 2.13. The van der Waals surface area contributed by atoms with Crippen molar-refractivity contribution in [3.63, 3.8) is 0 Å². The smallest absolute Gasteiger partial charge is 0.246 e. The van der Waals surface area contributed by atoms with Gasteiger partial charge >= 0.3 is 0 Å². The van der Waals surface area contributed by atoms with Gasteiger partial charge in [-0.25, -0.2) is 0 Å². The number of nitrogens with one attached hydrogen (secondary N) is 2.